The lowest BCUT2D eigenvalue weighted by molar-refractivity contribution is 0.493. The topological polar surface area (TPSA) is 78.1 Å². The van der Waals surface area contributed by atoms with Crippen LogP contribution in [-0.4, -0.2) is 42.6 Å². The van der Waals surface area contributed by atoms with E-state index < -0.39 is 10.0 Å². The lowest BCUT2D eigenvalue weighted by Gasteiger charge is -2.14. The first-order valence-corrected chi connectivity index (χ1v) is 7.75. The van der Waals surface area contributed by atoms with Gasteiger partial charge in [-0.3, -0.25) is 5.10 Å². The van der Waals surface area contributed by atoms with Crippen molar-refractivity contribution >= 4 is 10.0 Å². The highest BCUT2D eigenvalue weighted by Crippen LogP contribution is 2.23. The average molecular weight is 284 g/mol. The summed E-state index contributed by atoms with van der Waals surface area (Å²) in [5.41, 5.74) is 1.52. The Balaban J connectivity index is 2.24. The molecule has 0 bridgehead atoms. The summed E-state index contributed by atoms with van der Waals surface area (Å²) in [7, 11) is -2.03. The molecule has 7 heteroatoms. The van der Waals surface area contributed by atoms with Crippen molar-refractivity contribution in [3.63, 3.8) is 0 Å². The number of rotatable bonds is 7. The predicted octanol–water partition coefficient (Wildman–Crippen LogP) is 0.777. The van der Waals surface area contributed by atoms with Crippen molar-refractivity contribution in [1.82, 2.24) is 19.8 Å². The highest BCUT2D eigenvalue weighted by atomic mass is 32.2. The van der Waals surface area contributed by atoms with Crippen LogP contribution in [0.3, 0.4) is 0 Å². The zero-order valence-electron chi connectivity index (χ0n) is 11.3. The van der Waals surface area contributed by atoms with Crippen LogP contribution >= 0.6 is 0 Å². The number of nitrogens with zero attached hydrogens (tertiary/aromatic N) is 2. The molecule has 19 heavy (non-hydrogen) atoms. The van der Waals surface area contributed by atoms with Crippen LogP contribution < -0.4 is 5.32 Å². The molecule has 0 spiro atoms. The van der Waals surface area contributed by atoms with Gasteiger partial charge in [-0.15, -0.1) is 6.58 Å². The van der Waals surface area contributed by atoms with Crippen LogP contribution in [0.4, 0.5) is 0 Å². The van der Waals surface area contributed by atoms with Gasteiger partial charge in [-0.05, 0) is 19.8 Å². The van der Waals surface area contributed by atoms with E-state index in [1.54, 1.807) is 6.08 Å². The molecule has 1 aromatic heterocycles. The van der Waals surface area contributed by atoms with Gasteiger partial charge in [-0.1, -0.05) is 6.08 Å². The maximum absolute atomic E-state index is 12.4. The van der Waals surface area contributed by atoms with Gasteiger partial charge in [0.2, 0.25) is 0 Å². The Bertz CT molecular complexity index is 560. The van der Waals surface area contributed by atoms with Crippen molar-refractivity contribution in [3.8, 4) is 0 Å². The van der Waals surface area contributed by atoms with Gasteiger partial charge >= 0.3 is 0 Å². The quantitative estimate of drug-likeness (QED) is 0.725. The van der Waals surface area contributed by atoms with Gasteiger partial charge in [-0.2, -0.15) is 9.40 Å². The third kappa shape index (κ3) is 3.05. The number of aryl methyl sites for hydroxylation is 1. The third-order valence-electron chi connectivity index (χ3n) is 3.22. The molecule has 2 N–H and O–H groups in total. The predicted molar refractivity (Wildman–Crippen MR) is 73.2 cm³/mol. The highest BCUT2D eigenvalue weighted by molar-refractivity contribution is 7.89. The highest BCUT2D eigenvalue weighted by Gasteiger charge is 2.28. The Kier molecular flexibility index (Phi) is 4.07. The minimum Gasteiger partial charge on any atom is -0.310 e. The molecule has 0 unspecified atom stereocenters. The minimum atomic E-state index is -3.56. The van der Waals surface area contributed by atoms with Crippen LogP contribution in [0.5, 0.6) is 0 Å². The maximum atomic E-state index is 12.4. The Morgan fingerprint density at radius 1 is 1.58 bits per heavy atom. The fourth-order valence-electron chi connectivity index (χ4n) is 1.81. The van der Waals surface area contributed by atoms with Gasteiger partial charge in [-0.25, -0.2) is 8.42 Å². The number of aromatic amines is 1. The number of H-pyrrole nitrogens is 1. The van der Waals surface area contributed by atoms with Crippen molar-refractivity contribution in [2.45, 2.75) is 37.4 Å². The second-order valence-corrected chi connectivity index (χ2v) is 6.82. The molecule has 0 aromatic carbocycles. The van der Waals surface area contributed by atoms with E-state index in [0.717, 1.165) is 24.1 Å². The number of sulfonamides is 1. The van der Waals surface area contributed by atoms with Crippen molar-refractivity contribution in [1.29, 1.82) is 0 Å². The van der Waals surface area contributed by atoms with Crippen molar-refractivity contribution in [2.24, 2.45) is 0 Å². The second kappa shape index (κ2) is 5.44. The average Bonchev–Trinajstić information content (AvgIpc) is 3.10. The molecule has 0 amide bonds. The van der Waals surface area contributed by atoms with Gasteiger partial charge in [0.05, 0.1) is 0 Å². The molecular formula is C12H20N4O2S. The van der Waals surface area contributed by atoms with E-state index in [-0.39, 0.29) is 11.6 Å². The number of aromatic nitrogens is 2. The van der Waals surface area contributed by atoms with Crippen molar-refractivity contribution in [2.75, 3.05) is 13.6 Å². The fourth-order valence-corrected chi connectivity index (χ4v) is 3.11. The van der Waals surface area contributed by atoms with E-state index in [1.165, 1.54) is 11.4 Å². The largest absolute Gasteiger partial charge is 0.310 e. The molecule has 1 saturated carbocycles. The van der Waals surface area contributed by atoms with Gasteiger partial charge < -0.3 is 5.32 Å². The van der Waals surface area contributed by atoms with Gasteiger partial charge in [0.25, 0.3) is 10.0 Å². The molecular weight excluding hydrogens is 264 g/mol. The van der Waals surface area contributed by atoms with Crippen LogP contribution in [0.1, 0.15) is 24.1 Å². The van der Waals surface area contributed by atoms with Gasteiger partial charge in [0.15, 0.2) is 5.03 Å². The lowest BCUT2D eigenvalue weighted by atomic mass is 10.2. The number of nitrogens with one attached hydrogen (secondary N) is 2. The van der Waals surface area contributed by atoms with Gasteiger partial charge in [0.1, 0.15) is 0 Å². The zero-order chi connectivity index (χ0) is 14.0. The first kappa shape index (κ1) is 14.2. The first-order valence-electron chi connectivity index (χ1n) is 6.31. The number of hydrogen-bond donors (Lipinski definition) is 2. The Hall–Kier alpha value is -1.18. The molecule has 0 atom stereocenters. The lowest BCUT2D eigenvalue weighted by Crippen LogP contribution is -2.29. The summed E-state index contributed by atoms with van der Waals surface area (Å²) in [5.74, 6) is 0. The normalized spacial score (nSPS) is 15.9. The Morgan fingerprint density at radius 2 is 2.26 bits per heavy atom. The fraction of sp³-hybridized carbons (Fsp3) is 0.583. The molecule has 1 aliphatic rings. The first-order chi connectivity index (χ1) is 8.96. The van der Waals surface area contributed by atoms with E-state index in [1.807, 2.05) is 6.92 Å². The van der Waals surface area contributed by atoms with Gasteiger partial charge in [0, 0.05) is 37.4 Å². The second-order valence-electron chi connectivity index (χ2n) is 4.86. The molecule has 1 heterocycles. The molecule has 0 saturated heterocycles. The SMILES string of the molecule is C=CCN(C)S(=O)(=O)c1n[nH]c(C)c1CNC1CC1. The molecule has 106 valence electrons. The van der Waals surface area contributed by atoms with E-state index in [2.05, 4.69) is 22.1 Å². The smallest absolute Gasteiger partial charge is 0.262 e. The molecule has 0 radical (unpaired) electrons. The summed E-state index contributed by atoms with van der Waals surface area (Å²) in [6.45, 7) is 6.19. The summed E-state index contributed by atoms with van der Waals surface area (Å²) < 4.78 is 26.0. The van der Waals surface area contributed by atoms with Crippen molar-refractivity contribution in [3.05, 3.63) is 23.9 Å². The monoisotopic (exact) mass is 284 g/mol. The van der Waals surface area contributed by atoms with Crippen molar-refractivity contribution < 1.29 is 8.42 Å². The van der Waals surface area contributed by atoms with Crippen LogP contribution in [0.15, 0.2) is 17.7 Å². The summed E-state index contributed by atoms with van der Waals surface area (Å²) in [4.78, 5) is 0. The molecule has 0 aliphatic heterocycles. The van der Waals surface area contributed by atoms with E-state index in [9.17, 15) is 8.42 Å². The maximum Gasteiger partial charge on any atom is 0.262 e. The van der Waals surface area contributed by atoms with Crippen LogP contribution in [0.2, 0.25) is 0 Å². The molecule has 1 fully saturated rings. The Labute approximate surface area is 113 Å². The minimum absolute atomic E-state index is 0.113. The third-order valence-corrected chi connectivity index (χ3v) is 5.02. The number of hydrogen-bond acceptors (Lipinski definition) is 4. The summed E-state index contributed by atoms with van der Waals surface area (Å²) >= 11 is 0. The summed E-state index contributed by atoms with van der Waals surface area (Å²) in [6.07, 6.45) is 3.88. The van der Waals surface area contributed by atoms with Crippen LogP contribution in [0.25, 0.3) is 0 Å². The van der Waals surface area contributed by atoms with E-state index in [4.69, 9.17) is 0 Å². The van der Waals surface area contributed by atoms with E-state index >= 15 is 0 Å². The molecule has 6 nitrogen and oxygen atoms in total. The summed E-state index contributed by atoms with van der Waals surface area (Å²) in [6, 6.07) is 0.524. The standard InChI is InChI=1S/C12H20N4O2S/c1-4-7-16(3)19(17,18)12-11(9(2)14-15-12)8-13-10-5-6-10/h4,10,13H,1,5-8H2,2-3H3,(H,14,15). The molecule has 2 rings (SSSR count). The molecule has 1 aliphatic carbocycles. The zero-order valence-corrected chi connectivity index (χ0v) is 12.1. The van der Waals surface area contributed by atoms with E-state index in [0.29, 0.717) is 12.6 Å². The summed E-state index contributed by atoms with van der Waals surface area (Å²) in [5, 5.41) is 10.2. The van der Waals surface area contributed by atoms with Crippen LogP contribution in [-0.2, 0) is 16.6 Å². The Morgan fingerprint density at radius 3 is 2.84 bits per heavy atom. The molecule has 1 aromatic rings. The van der Waals surface area contributed by atoms with Crippen LogP contribution in [0, 0.1) is 6.92 Å². The number of likely N-dealkylation sites (N-methyl/N-ethyl adjacent to an activating group) is 1.